The number of nitrogens with zero attached hydrogens (tertiary/aromatic N) is 2. The molecule has 0 amide bonds. The molecule has 1 heterocycles. The summed E-state index contributed by atoms with van der Waals surface area (Å²) in [6.07, 6.45) is 5.21. The van der Waals surface area contributed by atoms with Crippen LogP contribution in [-0.2, 0) is 0 Å². The van der Waals surface area contributed by atoms with Crippen molar-refractivity contribution < 1.29 is 0 Å². The molecule has 3 nitrogen and oxygen atoms in total. The van der Waals surface area contributed by atoms with Crippen LogP contribution >= 0.6 is 0 Å². The minimum Gasteiger partial charge on any atom is -0.350 e. The Kier molecular flexibility index (Phi) is 6.96. The number of benzene rings is 6. The number of amidine groups is 1. The lowest BCUT2D eigenvalue weighted by molar-refractivity contribution is 0.153. The Balaban J connectivity index is 1.18. The van der Waals surface area contributed by atoms with Gasteiger partial charge in [0.15, 0.2) is 0 Å². The van der Waals surface area contributed by atoms with Gasteiger partial charge in [-0.05, 0) is 81.2 Å². The van der Waals surface area contributed by atoms with Crippen LogP contribution in [0.3, 0.4) is 0 Å². The van der Waals surface area contributed by atoms with E-state index in [-0.39, 0.29) is 12.3 Å². The van der Waals surface area contributed by atoms with Crippen molar-refractivity contribution >= 4 is 27.4 Å². The third-order valence-electron chi connectivity index (χ3n) is 9.74. The van der Waals surface area contributed by atoms with Crippen molar-refractivity contribution in [3.63, 3.8) is 0 Å². The van der Waals surface area contributed by atoms with Crippen LogP contribution in [0.5, 0.6) is 0 Å². The summed E-state index contributed by atoms with van der Waals surface area (Å²) < 4.78 is 0. The van der Waals surface area contributed by atoms with Crippen LogP contribution in [0, 0.1) is 0 Å². The molecule has 0 spiro atoms. The molecule has 3 heteroatoms. The van der Waals surface area contributed by atoms with Gasteiger partial charge in [0, 0.05) is 5.56 Å². The first-order valence-corrected chi connectivity index (χ1v) is 16.0. The predicted molar refractivity (Wildman–Crippen MR) is 184 cm³/mol. The number of rotatable bonds is 5. The molecule has 0 saturated heterocycles. The van der Waals surface area contributed by atoms with Crippen molar-refractivity contribution in [2.45, 2.75) is 43.9 Å². The summed E-state index contributed by atoms with van der Waals surface area (Å²) in [7, 11) is 2.18. The maximum atomic E-state index is 5.31. The van der Waals surface area contributed by atoms with E-state index >= 15 is 0 Å². The number of hydrogen-bond acceptors (Lipinski definition) is 3. The van der Waals surface area contributed by atoms with Crippen molar-refractivity contribution in [1.29, 1.82) is 0 Å². The molecule has 0 radical (unpaired) electrons. The Morgan fingerprint density at radius 3 is 1.91 bits per heavy atom. The molecule has 6 aromatic carbocycles. The fourth-order valence-electron chi connectivity index (χ4n) is 7.35. The van der Waals surface area contributed by atoms with E-state index in [0.717, 1.165) is 17.3 Å². The first kappa shape index (κ1) is 26.9. The third kappa shape index (κ3) is 4.88. The van der Waals surface area contributed by atoms with Gasteiger partial charge in [-0.25, -0.2) is 4.99 Å². The quantitative estimate of drug-likeness (QED) is 0.209. The van der Waals surface area contributed by atoms with Crippen LogP contribution in [-0.4, -0.2) is 17.8 Å². The Labute approximate surface area is 259 Å². The molecule has 0 aromatic heterocycles. The van der Waals surface area contributed by atoms with Gasteiger partial charge in [-0.15, -0.1) is 0 Å². The Hall–Kier alpha value is -4.73. The first-order valence-electron chi connectivity index (χ1n) is 16.0. The summed E-state index contributed by atoms with van der Waals surface area (Å²) in [5, 5.41) is 8.94. The predicted octanol–water partition coefficient (Wildman–Crippen LogP) is 10.00. The van der Waals surface area contributed by atoms with Crippen LogP contribution in [0.4, 0.5) is 0 Å². The molecule has 6 aromatic rings. The smallest absolute Gasteiger partial charge is 0.132 e. The van der Waals surface area contributed by atoms with E-state index in [9.17, 15) is 0 Å². The first-order chi connectivity index (χ1) is 21.7. The van der Waals surface area contributed by atoms with E-state index < -0.39 is 0 Å². The minimum absolute atomic E-state index is 0.0648. The van der Waals surface area contributed by atoms with Crippen LogP contribution in [0.25, 0.3) is 32.7 Å². The highest BCUT2D eigenvalue weighted by atomic mass is 15.4. The lowest BCUT2D eigenvalue weighted by Crippen LogP contribution is -2.46. The van der Waals surface area contributed by atoms with Gasteiger partial charge in [0.2, 0.25) is 0 Å². The molecule has 1 saturated carbocycles. The molecule has 1 aliphatic carbocycles. The molecule has 1 aliphatic heterocycles. The van der Waals surface area contributed by atoms with Crippen LogP contribution in [0.2, 0.25) is 0 Å². The van der Waals surface area contributed by atoms with Gasteiger partial charge in [0.25, 0.3) is 0 Å². The minimum atomic E-state index is -0.120. The van der Waals surface area contributed by atoms with Gasteiger partial charge in [-0.1, -0.05) is 140 Å². The zero-order chi connectivity index (χ0) is 29.5. The topological polar surface area (TPSA) is 27.6 Å². The number of aliphatic imine (C=N–C) groups is 1. The maximum Gasteiger partial charge on any atom is 0.132 e. The molecule has 2 atom stereocenters. The lowest BCUT2D eigenvalue weighted by Gasteiger charge is -2.40. The standard InChI is InChI=1S/C41H37N3/c1-44-40(33-13-3-2-4-14-33)42-39(32-25-23-31(24-26-32)30-21-19-29(20-22-30)28-11-5-6-12-28)43-41(44)38-27-34-15-7-8-16-35(34)36-17-9-10-18-37(36)38/h2-4,7-10,13-28,40-41H,5-6,11-12H2,1H3,(H,42,43). The Morgan fingerprint density at radius 2 is 1.18 bits per heavy atom. The highest BCUT2D eigenvalue weighted by Crippen LogP contribution is 2.39. The van der Waals surface area contributed by atoms with E-state index in [1.54, 1.807) is 0 Å². The molecule has 2 unspecified atom stereocenters. The number of nitrogens with one attached hydrogen (secondary N) is 1. The maximum absolute atomic E-state index is 5.31. The molecule has 8 rings (SSSR count). The average Bonchev–Trinajstić information content (AvgIpc) is 3.64. The molecule has 1 N–H and O–H groups in total. The fraction of sp³-hybridized carbons (Fsp3) is 0.195. The zero-order valence-electron chi connectivity index (χ0n) is 25.2. The zero-order valence-corrected chi connectivity index (χ0v) is 25.2. The van der Waals surface area contributed by atoms with Crippen LogP contribution < -0.4 is 5.32 Å². The van der Waals surface area contributed by atoms with Crippen molar-refractivity contribution in [2.24, 2.45) is 4.99 Å². The SMILES string of the molecule is CN1C(c2ccccc2)N=C(c2ccc(-c3ccc(C4CCCC4)cc3)cc2)NC1c1cc2ccccc2c2ccccc12. The number of hydrogen-bond donors (Lipinski definition) is 1. The van der Waals surface area contributed by atoms with Crippen LogP contribution in [0.1, 0.15) is 66.2 Å². The van der Waals surface area contributed by atoms with Gasteiger partial charge < -0.3 is 5.32 Å². The highest BCUT2D eigenvalue weighted by Gasteiger charge is 2.32. The molecular weight excluding hydrogens is 534 g/mol. The van der Waals surface area contributed by atoms with Gasteiger partial charge in [0.05, 0.1) is 0 Å². The van der Waals surface area contributed by atoms with Gasteiger partial charge in [-0.2, -0.15) is 0 Å². The largest absolute Gasteiger partial charge is 0.350 e. The summed E-state index contributed by atoms with van der Waals surface area (Å²) in [4.78, 5) is 7.67. The normalized spacial score (nSPS) is 19.2. The lowest BCUT2D eigenvalue weighted by atomic mass is 9.94. The summed E-state index contributed by atoms with van der Waals surface area (Å²) in [6.45, 7) is 0. The third-order valence-corrected chi connectivity index (χ3v) is 9.74. The van der Waals surface area contributed by atoms with Crippen molar-refractivity contribution in [3.8, 4) is 11.1 Å². The van der Waals surface area contributed by atoms with Crippen LogP contribution in [0.15, 0.2) is 138 Å². The van der Waals surface area contributed by atoms with E-state index in [0.29, 0.717) is 0 Å². The van der Waals surface area contributed by atoms with Gasteiger partial charge in [0.1, 0.15) is 18.2 Å². The van der Waals surface area contributed by atoms with Crippen molar-refractivity contribution in [1.82, 2.24) is 10.2 Å². The molecule has 1 fully saturated rings. The van der Waals surface area contributed by atoms with E-state index in [1.807, 2.05) is 0 Å². The second-order valence-corrected chi connectivity index (χ2v) is 12.4. The highest BCUT2D eigenvalue weighted by molar-refractivity contribution is 6.09. The fourth-order valence-corrected chi connectivity index (χ4v) is 7.35. The Bertz CT molecular complexity index is 1950. The van der Waals surface area contributed by atoms with E-state index in [1.165, 1.54) is 75.0 Å². The van der Waals surface area contributed by atoms with Crippen molar-refractivity contribution in [3.05, 3.63) is 156 Å². The van der Waals surface area contributed by atoms with Gasteiger partial charge >= 0.3 is 0 Å². The average molecular weight is 572 g/mol. The van der Waals surface area contributed by atoms with E-state index in [4.69, 9.17) is 4.99 Å². The summed E-state index contributed by atoms with van der Waals surface area (Å²) >= 11 is 0. The molecule has 2 aliphatic rings. The van der Waals surface area contributed by atoms with Gasteiger partial charge in [-0.3, -0.25) is 4.90 Å². The van der Waals surface area contributed by atoms with E-state index in [2.05, 4.69) is 151 Å². The Morgan fingerprint density at radius 1 is 0.591 bits per heavy atom. The summed E-state index contributed by atoms with van der Waals surface area (Å²) in [5.74, 6) is 1.66. The second kappa shape index (κ2) is 11.4. The second-order valence-electron chi connectivity index (χ2n) is 12.4. The summed E-state index contributed by atoms with van der Waals surface area (Å²) in [6, 6.07) is 48.6. The van der Waals surface area contributed by atoms with Crippen molar-refractivity contribution in [2.75, 3.05) is 7.05 Å². The number of fused-ring (bicyclic) bond motifs is 3. The molecular formula is C41H37N3. The molecule has 44 heavy (non-hydrogen) atoms. The monoisotopic (exact) mass is 571 g/mol. The summed E-state index contributed by atoms with van der Waals surface area (Å²) in [5.41, 5.74) is 7.53. The molecule has 216 valence electrons. The molecule has 0 bridgehead atoms.